The number of nitriles is 3. The van der Waals surface area contributed by atoms with Gasteiger partial charge in [-0.05, 0) is 48.4 Å². The van der Waals surface area contributed by atoms with Crippen LogP contribution in [0.25, 0.3) is 0 Å². The molecule has 8 nitrogen and oxygen atoms in total. The highest BCUT2D eigenvalue weighted by Crippen LogP contribution is 2.69. The fourth-order valence-corrected chi connectivity index (χ4v) is 4.95. The lowest BCUT2D eigenvalue weighted by molar-refractivity contribution is -0.288. The van der Waals surface area contributed by atoms with Crippen LogP contribution in [0.5, 0.6) is 11.5 Å². The topological polar surface area (TPSA) is 132 Å². The summed E-state index contributed by atoms with van der Waals surface area (Å²) in [6.45, 7) is 4.24. The van der Waals surface area contributed by atoms with Gasteiger partial charge in [0.25, 0.3) is 0 Å². The van der Waals surface area contributed by atoms with Gasteiger partial charge >= 0.3 is 0 Å². The molecule has 2 fully saturated rings. The molecule has 2 saturated heterocycles. The van der Waals surface area contributed by atoms with Crippen molar-refractivity contribution in [3.05, 3.63) is 59.7 Å². The van der Waals surface area contributed by atoms with Crippen LogP contribution in [0.4, 0.5) is 0 Å². The van der Waals surface area contributed by atoms with E-state index in [1.54, 1.807) is 62.6 Å². The summed E-state index contributed by atoms with van der Waals surface area (Å²) in [5, 5.41) is 39.7. The molecule has 0 radical (unpaired) electrons. The molecule has 0 aliphatic carbocycles. The summed E-state index contributed by atoms with van der Waals surface area (Å²) in [4.78, 5) is 0. The first-order chi connectivity index (χ1) is 16.4. The van der Waals surface area contributed by atoms with Crippen molar-refractivity contribution in [1.29, 1.82) is 21.2 Å². The highest BCUT2D eigenvalue weighted by atomic mass is 16.7. The second kappa shape index (κ2) is 8.37. The van der Waals surface area contributed by atoms with Crippen LogP contribution in [-0.2, 0) is 15.3 Å². The zero-order chi connectivity index (χ0) is 24.6. The first-order valence-corrected chi connectivity index (χ1v) is 11.0. The summed E-state index contributed by atoms with van der Waals surface area (Å²) >= 11 is 0. The molecule has 2 aliphatic heterocycles. The van der Waals surface area contributed by atoms with Crippen molar-refractivity contribution in [2.75, 3.05) is 13.7 Å². The molecule has 172 valence electrons. The second-order valence-corrected chi connectivity index (χ2v) is 8.42. The fraction of sp³-hybridized carbons (Fsp3) is 0.385. The average Bonchev–Trinajstić information content (AvgIpc) is 3.04. The molecule has 1 N–H and O–H groups in total. The minimum absolute atomic E-state index is 0.452. The normalized spacial score (nSPS) is 28.6. The maximum atomic E-state index is 10.4. The molecular formula is C26H24N4O4. The van der Waals surface area contributed by atoms with Crippen LogP contribution >= 0.6 is 0 Å². The molecule has 4 unspecified atom stereocenters. The molecule has 34 heavy (non-hydrogen) atoms. The van der Waals surface area contributed by atoms with Crippen LogP contribution in [0.1, 0.15) is 37.5 Å². The van der Waals surface area contributed by atoms with E-state index in [9.17, 15) is 15.8 Å². The highest BCUT2D eigenvalue weighted by Gasteiger charge is 2.79. The van der Waals surface area contributed by atoms with E-state index in [0.717, 1.165) is 6.42 Å². The Kier molecular flexibility index (Phi) is 5.69. The molecule has 0 amide bonds. The van der Waals surface area contributed by atoms with Crippen molar-refractivity contribution in [2.45, 2.75) is 32.2 Å². The third-order valence-corrected chi connectivity index (χ3v) is 6.82. The molecule has 4 rings (SSSR count). The largest absolute Gasteiger partial charge is 0.497 e. The Hall–Kier alpha value is -4.06. The molecule has 8 heteroatoms. The van der Waals surface area contributed by atoms with Crippen LogP contribution < -0.4 is 9.47 Å². The maximum Gasteiger partial charge on any atom is 0.244 e. The third-order valence-electron chi connectivity index (χ3n) is 6.82. The van der Waals surface area contributed by atoms with Gasteiger partial charge in [-0.25, -0.2) is 0 Å². The van der Waals surface area contributed by atoms with Crippen molar-refractivity contribution >= 4 is 5.90 Å². The van der Waals surface area contributed by atoms with E-state index in [1.807, 2.05) is 6.92 Å². The lowest BCUT2D eigenvalue weighted by Crippen LogP contribution is -2.57. The van der Waals surface area contributed by atoms with Gasteiger partial charge in [0.15, 0.2) is 5.41 Å². The minimum atomic E-state index is -2.02. The molecule has 0 aromatic heterocycles. The molecule has 2 heterocycles. The Morgan fingerprint density at radius 2 is 1.59 bits per heavy atom. The van der Waals surface area contributed by atoms with Gasteiger partial charge in [0, 0.05) is 5.56 Å². The molecule has 2 aliphatic rings. The average molecular weight is 457 g/mol. The summed E-state index contributed by atoms with van der Waals surface area (Å²) < 4.78 is 23.4. The van der Waals surface area contributed by atoms with Crippen LogP contribution in [0.15, 0.2) is 48.5 Å². The summed E-state index contributed by atoms with van der Waals surface area (Å²) in [5.74, 6) is -1.56. The van der Waals surface area contributed by atoms with Gasteiger partial charge in [0.05, 0.1) is 37.8 Å². The van der Waals surface area contributed by atoms with Crippen molar-refractivity contribution in [3.8, 4) is 29.7 Å². The van der Waals surface area contributed by atoms with Crippen molar-refractivity contribution in [2.24, 2.45) is 16.7 Å². The number of methoxy groups -OCH3 is 1. The Labute approximate surface area is 198 Å². The summed E-state index contributed by atoms with van der Waals surface area (Å²) in [7, 11) is 1.55. The monoisotopic (exact) mass is 456 g/mol. The number of rotatable bonds is 6. The quantitative estimate of drug-likeness (QED) is 0.672. The molecule has 2 aromatic rings. The zero-order valence-electron chi connectivity index (χ0n) is 19.2. The van der Waals surface area contributed by atoms with E-state index < -0.39 is 34.5 Å². The van der Waals surface area contributed by atoms with Crippen LogP contribution in [0.2, 0.25) is 0 Å². The van der Waals surface area contributed by atoms with E-state index in [4.69, 9.17) is 24.4 Å². The van der Waals surface area contributed by atoms with Gasteiger partial charge in [-0.3, -0.25) is 5.41 Å². The van der Waals surface area contributed by atoms with Gasteiger partial charge in [0.1, 0.15) is 17.6 Å². The summed E-state index contributed by atoms with van der Waals surface area (Å²) in [5.41, 5.74) is -2.80. The van der Waals surface area contributed by atoms with Gasteiger partial charge < -0.3 is 18.9 Å². The standard InChI is InChI=1S/C26H24N4O4/c1-4-13-32-21-9-5-18(6-10-21)22-24(14-27,15-28)25(16-29)17(2)26(33-22,34-23(25)30)19-7-11-20(31-3)12-8-19/h5-12,17,22,30H,4,13H2,1-3H3. The highest BCUT2D eigenvalue weighted by molar-refractivity contribution is 5.89. The van der Waals surface area contributed by atoms with E-state index in [-0.39, 0.29) is 0 Å². The number of nitrogens with one attached hydrogen (secondary N) is 1. The lowest BCUT2D eigenvalue weighted by atomic mass is 9.53. The number of hydrogen-bond donors (Lipinski definition) is 1. The minimum Gasteiger partial charge on any atom is -0.497 e. The number of ether oxygens (including phenoxy) is 4. The van der Waals surface area contributed by atoms with Crippen molar-refractivity contribution in [3.63, 3.8) is 0 Å². The smallest absolute Gasteiger partial charge is 0.244 e. The predicted octanol–water partition coefficient (Wildman–Crippen LogP) is 4.60. The first kappa shape index (κ1) is 23.1. The third kappa shape index (κ3) is 2.88. The van der Waals surface area contributed by atoms with E-state index in [0.29, 0.717) is 29.2 Å². The molecule has 4 atom stereocenters. The van der Waals surface area contributed by atoms with Crippen molar-refractivity contribution in [1.82, 2.24) is 0 Å². The van der Waals surface area contributed by atoms with Crippen molar-refractivity contribution < 1.29 is 18.9 Å². The lowest BCUT2D eigenvalue weighted by Gasteiger charge is -2.48. The van der Waals surface area contributed by atoms with Crippen LogP contribution in [0.3, 0.4) is 0 Å². The molecule has 2 bridgehead atoms. The van der Waals surface area contributed by atoms with Crippen LogP contribution in [0, 0.1) is 56.2 Å². The number of nitrogens with zero attached hydrogens (tertiary/aromatic N) is 3. The number of fused-ring (bicyclic) bond motifs is 2. The predicted molar refractivity (Wildman–Crippen MR) is 120 cm³/mol. The Bertz CT molecular complexity index is 1210. The fourth-order valence-electron chi connectivity index (χ4n) is 4.95. The van der Waals surface area contributed by atoms with Crippen LogP contribution in [-0.4, -0.2) is 19.6 Å². The molecular weight excluding hydrogens is 432 g/mol. The second-order valence-electron chi connectivity index (χ2n) is 8.42. The summed E-state index contributed by atoms with van der Waals surface area (Å²) in [6.07, 6.45) is -0.310. The van der Waals surface area contributed by atoms with Gasteiger partial charge in [-0.2, -0.15) is 15.8 Å². The van der Waals surface area contributed by atoms with E-state index >= 15 is 0 Å². The number of benzene rings is 2. The Morgan fingerprint density at radius 1 is 0.971 bits per heavy atom. The first-order valence-electron chi connectivity index (χ1n) is 11.0. The van der Waals surface area contributed by atoms with Gasteiger partial charge in [-0.15, -0.1) is 0 Å². The summed E-state index contributed by atoms with van der Waals surface area (Å²) in [6, 6.07) is 20.1. The Balaban J connectivity index is 1.91. The zero-order valence-corrected chi connectivity index (χ0v) is 19.2. The number of hydrogen-bond acceptors (Lipinski definition) is 8. The molecule has 2 aromatic carbocycles. The SMILES string of the molecule is CCCOc1ccc(C2OC3(c4ccc(OC)cc4)OC(=N)C(C#N)(C3C)C2(C#N)C#N)cc1. The van der Waals surface area contributed by atoms with E-state index in [1.165, 1.54) is 0 Å². The van der Waals surface area contributed by atoms with Gasteiger partial charge in [0.2, 0.25) is 17.1 Å². The van der Waals surface area contributed by atoms with Gasteiger partial charge in [-0.1, -0.05) is 26.0 Å². The van der Waals surface area contributed by atoms with E-state index in [2.05, 4.69) is 18.2 Å². The molecule has 0 saturated carbocycles. The Morgan fingerprint density at radius 3 is 2.12 bits per heavy atom. The maximum absolute atomic E-state index is 10.4. The molecule has 0 spiro atoms.